The van der Waals surface area contributed by atoms with Gasteiger partial charge in [-0.2, -0.15) is 13.2 Å². The van der Waals surface area contributed by atoms with Crippen molar-refractivity contribution in [2.24, 2.45) is 5.41 Å². The molecule has 3 nitrogen and oxygen atoms in total. The summed E-state index contributed by atoms with van der Waals surface area (Å²) < 4.78 is 51.7. The monoisotopic (exact) mass is 366 g/mol. The quantitative estimate of drug-likeness (QED) is 0.772. The molecule has 3 rings (SSSR count). The fraction of sp³-hybridized carbons (Fsp3) is 0.562. The lowest BCUT2D eigenvalue weighted by Gasteiger charge is -2.39. The van der Waals surface area contributed by atoms with Crippen LogP contribution in [0.15, 0.2) is 18.2 Å². The predicted molar refractivity (Wildman–Crippen MR) is 83.7 cm³/mol. The number of nitrogens with zero attached hydrogens (tertiary/aromatic N) is 1. The standard InChI is InChI=1S/C16H18F4N2O.ClH/c17-13-8-11(7-12(9-13)16(18,19)20)14(23)22-5-2-15(3-6-22)1-4-21-10-15;/h7-9,21H,1-6,10H2;1H. The molecule has 2 saturated heterocycles. The topological polar surface area (TPSA) is 32.3 Å². The number of amides is 1. The molecule has 0 unspecified atom stereocenters. The number of halogens is 5. The third-order valence-corrected chi connectivity index (χ3v) is 4.92. The van der Waals surface area contributed by atoms with Crippen molar-refractivity contribution in [1.82, 2.24) is 10.2 Å². The molecular weight excluding hydrogens is 348 g/mol. The number of nitrogens with one attached hydrogen (secondary N) is 1. The van der Waals surface area contributed by atoms with Gasteiger partial charge in [0, 0.05) is 25.2 Å². The third-order valence-electron chi connectivity index (χ3n) is 4.92. The van der Waals surface area contributed by atoms with Crippen molar-refractivity contribution >= 4 is 18.3 Å². The summed E-state index contributed by atoms with van der Waals surface area (Å²) in [6.07, 6.45) is -1.95. The van der Waals surface area contributed by atoms with E-state index in [0.717, 1.165) is 44.5 Å². The van der Waals surface area contributed by atoms with Gasteiger partial charge in [-0.15, -0.1) is 12.4 Å². The van der Waals surface area contributed by atoms with Gasteiger partial charge >= 0.3 is 6.18 Å². The van der Waals surface area contributed by atoms with Crippen LogP contribution in [0.1, 0.15) is 35.2 Å². The van der Waals surface area contributed by atoms with Crippen LogP contribution in [0.5, 0.6) is 0 Å². The Bertz CT molecular complexity index is 605. The predicted octanol–water partition coefficient (Wildman–Crippen LogP) is 3.48. The number of piperidine rings is 1. The fourth-order valence-corrected chi connectivity index (χ4v) is 3.47. The largest absolute Gasteiger partial charge is 0.416 e. The Balaban J connectivity index is 0.00000208. The molecule has 8 heteroatoms. The van der Waals surface area contributed by atoms with E-state index in [4.69, 9.17) is 0 Å². The van der Waals surface area contributed by atoms with Crippen molar-refractivity contribution in [3.8, 4) is 0 Å². The van der Waals surface area contributed by atoms with Crippen LogP contribution in [0.25, 0.3) is 0 Å². The van der Waals surface area contributed by atoms with Crippen LogP contribution in [0.3, 0.4) is 0 Å². The normalized spacial score (nSPS) is 20.1. The minimum atomic E-state index is -4.67. The summed E-state index contributed by atoms with van der Waals surface area (Å²) >= 11 is 0. The molecule has 2 fully saturated rings. The second-order valence-corrected chi connectivity index (χ2v) is 6.45. The Morgan fingerprint density at radius 3 is 2.33 bits per heavy atom. The van der Waals surface area contributed by atoms with E-state index in [-0.39, 0.29) is 23.4 Å². The van der Waals surface area contributed by atoms with Crippen molar-refractivity contribution < 1.29 is 22.4 Å². The summed E-state index contributed by atoms with van der Waals surface area (Å²) in [6, 6.07) is 2.01. The van der Waals surface area contributed by atoms with Gasteiger partial charge in [0.15, 0.2) is 0 Å². The van der Waals surface area contributed by atoms with Gasteiger partial charge in [-0.1, -0.05) is 0 Å². The number of carbonyl (C=O) groups is 1. The van der Waals surface area contributed by atoms with Crippen molar-refractivity contribution in [1.29, 1.82) is 0 Å². The smallest absolute Gasteiger partial charge is 0.339 e. The van der Waals surface area contributed by atoms with Crippen LogP contribution in [0, 0.1) is 11.2 Å². The first-order valence-electron chi connectivity index (χ1n) is 7.67. The van der Waals surface area contributed by atoms with Gasteiger partial charge in [-0.25, -0.2) is 4.39 Å². The Labute approximate surface area is 143 Å². The van der Waals surface area contributed by atoms with Crippen LogP contribution >= 0.6 is 12.4 Å². The average molecular weight is 367 g/mol. The Kier molecular flexibility index (Phi) is 5.44. The fourth-order valence-electron chi connectivity index (χ4n) is 3.47. The number of hydrogen-bond acceptors (Lipinski definition) is 2. The molecule has 1 amide bonds. The molecule has 0 aromatic heterocycles. The Hall–Kier alpha value is -1.34. The van der Waals surface area contributed by atoms with Crippen molar-refractivity contribution in [3.05, 3.63) is 35.1 Å². The van der Waals surface area contributed by atoms with Crippen molar-refractivity contribution in [2.45, 2.75) is 25.4 Å². The first kappa shape index (κ1) is 19.0. The summed E-state index contributed by atoms with van der Waals surface area (Å²) in [5, 5.41) is 3.31. The molecule has 0 aliphatic carbocycles. The molecule has 1 spiro atoms. The van der Waals surface area contributed by atoms with Crippen molar-refractivity contribution in [3.63, 3.8) is 0 Å². The molecule has 1 aromatic rings. The van der Waals surface area contributed by atoms with Crippen LogP contribution in [0.2, 0.25) is 0 Å². The lowest BCUT2D eigenvalue weighted by atomic mass is 9.78. The molecule has 134 valence electrons. The Morgan fingerprint density at radius 2 is 1.79 bits per heavy atom. The summed E-state index contributed by atoms with van der Waals surface area (Å²) in [7, 11) is 0. The number of rotatable bonds is 1. The highest BCUT2D eigenvalue weighted by Crippen LogP contribution is 2.37. The number of alkyl halides is 3. The molecule has 0 saturated carbocycles. The highest BCUT2D eigenvalue weighted by Gasteiger charge is 2.38. The van der Waals surface area contributed by atoms with Crippen LogP contribution in [-0.2, 0) is 6.18 Å². The molecule has 0 atom stereocenters. The van der Waals surface area contributed by atoms with Crippen LogP contribution in [0.4, 0.5) is 17.6 Å². The number of hydrogen-bond donors (Lipinski definition) is 1. The molecule has 2 heterocycles. The zero-order chi connectivity index (χ0) is 16.7. The third kappa shape index (κ3) is 3.83. The molecule has 2 aliphatic rings. The van der Waals surface area contributed by atoms with E-state index in [9.17, 15) is 22.4 Å². The van der Waals surface area contributed by atoms with Gasteiger partial charge in [0.1, 0.15) is 5.82 Å². The Morgan fingerprint density at radius 1 is 1.12 bits per heavy atom. The molecule has 1 N–H and O–H groups in total. The van der Waals surface area contributed by atoms with Crippen molar-refractivity contribution in [2.75, 3.05) is 26.2 Å². The lowest BCUT2D eigenvalue weighted by molar-refractivity contribution is -0.137. The van der Waals surface area contributed by atoms with Gasteiger partial charge in [0.05, 0.1) is 5.56 Å². The molecule has 0 radical (unpaired) electrons. The van der Waals surface area contributed by atoms with E-state index < -0.39 is 23.5 Å². The highest BCUT2D eigenvalue weighted by molar-refractivity contribution is 5.94. The number of carbonyl (C=O) groups excluding carboxylic acids is 1. The van der Waals surface area contributed by atoms with Gasteiger partial charge in [0.25, 0.3) is 5.91 Å². The minimum Gasteiger partial charge on any atom is -0.339 e. The number of likely N-dealkylation sites (tertiary alicyclic amines) is 1. The molecule has 2 aliphatic heterocycles. The lowest BCUT2D eigenvalue weighted by Crippen LogP contribution is -2.44. The first-order valence-corrected chi connectivity index (χ1v) is 7.67. The minimum absolute atomic E-state index is 0. The van der Waals surface area contributed by atoms with Crippen LogP contribution in [-0.4, -0.2) is 37.0 Å². The second-order valence-electron chi connectivity index (χ2n) is 6.45. The van der Waals surface area contributed by atoms with E-state index in [1.165, 1.54) is 4.90 Å². The van der Waals surface area contributed by atoms with Gasteiger partial charge in [-0.3, -0.25) is 4.79 Å². The maximum absolute atomic E-state index is 13.4. The maximum atomic E-state index is 13.4. The molecule has 0 bridgehead atoms. The molecule has 24 heavy (non-hydrogen) atoms. The summed E-state index contributed by atoms with van der Waals surface area (Å²) in [5.74, 6) is -1.58. The second kappa shape index (κ2) is 6.88. The van der Waals surface area contributed by atoms with E-state index in [1.54, 1.807) is 0 Å². The van der Waals surface area contributed by atoms with E-state index in [0.29, 0.717) is 19.2 Å². The summed E-state index contributed by atoms with van der Waals surface area (Å²) in [4.78, 5) is 13.9. The number of benzene rings is 1. The van der Waals surface area contributed by atoms with E-state index >= 15 is 0 Å². The zero-order valence-corrected chi connectivity index (χ0v) is 13.8. The summed E-state index contributed by atoms with van der Waals surface area (Å²) in [6.45, 7) is 2.89. The zero-order valence-electron chi connectivity index (χ0n) is 13.0. The van der Waals surface area contributed by atoms with Gasteiger partial charge in [0.2, 0.25) is 0 Å². The van der Waals surface area contributed by atoms with Gasteiger partial charge < -0.3 is 10.2 Å². The average Bonchev–Trinajstić information content (AvgIpc) is 2.94. The van der Waals surface area contributed by atoms with E-state index in [1.807, 2.05) is 0 Å². The molecule has 1 aromatic carbocycles. The van der Waals surface area contributed by atoms with Gasteiger partial charge in [-0.05, 0) is 49.4 Å². The maximum Gasteiger partial charge on any atom is 0.416 e. The van der Waals surface area contributed by atoms with E-state index in [2.05, 4.69) is 5.32 Å². The highest BCUT2D eigenvalue weighted by atomic mass is 35.5. The SMILES string of the molecule is Cl.O=C(c1cc(F)cc(C(F)(F)F)c1)N1CCC2(CCNC2)CC1. The summed E-state index contributed by atoms with van der Waals surface area (Å²) in [5.41, 5.74) is -1.16. The molecular formula is C16H19ClF4N2O. The first-order chi connectivity index (χ1) is 10.8. The van der Waals surface area contributed by atoms with Crippen LogP contribution < -0.4 is 5.32 Å².